The molecule has 3 aromatic rings. The summed E-state index contributed by atoms with van der Waals surface area (Å²) in [5.41, 5.74) is 6.96. The van der Waals surface area contributed by atoms with Crippen LogP contribution in [0.2, 0.25) is 5.02 Å². The number of hydrogen-bond donors (Lipinski definition) is 1. The van der Waals surface area contributed by atoms with Gasteiger partial charge in [0.2, 0.25) is 0 Å². The molecule has 0 saturated carbocycles. The minimum atomic E-state index is -0.197. The summed E-state index contributed by atoms with van der Waals surface area (Å²) in [5.74, 6) is -0.175. The highest BCUT2D eigenvalue weighted by atomic mass is 35.5. The molecule has 0 fully saturated rings. The third-order valence-electron chi connectivity index (χ3n) is 4.68. The molecular weight excluding hydrogens is 362 g/mol. The number of carbonyl (C=O) groups excluding carboxylic acids is 1. The van der Waals surface area contributed by atoms with Crippen LogP contribution in [-0.4, -0.2) is 29.6 Å². The van der Waals surface area contributed by atoms with E-state index in [0.717, 1.165) is 16.7 Å². The Morgan fingerprint density at radius 1 is 1.07 bits per heavy atom. The first-order chi connectivity index (χ1) is 13.0. The van der Waals surface area contributed by atoms with Crippen molar-refractivity contribution in [2.75, 3.05) is 19.5 Å². The number of fused-ring (bicyclic) bond motifs is 3. The van der Waals surface area contributed by atoms with Crippen LogP contribution in [0.1, 0.15) is 15.9 Å². The highest BCUT2D eigenvalue weighted by Crippen LogP contribution is 2.33. The van der Waals surface area contributed by atoms with Crippen molar-refractivity contribution >= 4 is 17.5 Å². The van der Waals surface area contributed by atoms with Crippen LogP contribution >= 0.6 is 11.6 Å². The summed E-state index contributed by atoms with van der Waals surface area (Å²) in [6.45, 7) is 0.479. The normalized spacial score (nSPS) is 12.0. The quantitative estimate of drug-likeness (QED) is 0.740. The fourth-order valence-electron chi connectivity index (χ4n) is 3.35. The predicted octanol–water partition coefficient (Wildman–Crippen LogP) is 3.59. The molecule has 0 aliphatic carbocycles. The minimum absolute atomic E-state index is 0.175. The van der Waals surface area contributed by atoms with Crippen LogP contribution in [0.5, 0.6) is 0 Å². The number of benzene rings is 2. The van der Waals surface area contributed by atoms with E-state index >= 15 is 0 Å². The van der Waals surface area contributed by atoms with Crippen molar-refractivity contribution in [2.24, 2.45) is 0 Å². The third-order valence-corrected chi connectivity index (χ3v) is 4.91. The monoisotopic (exact) mass is 379 g/mol. The lowest BCUT2D eigenvalue weighted by atomic mass is 9.95. The average molecular weight is 380 g/mol. The smallest absolute Gasteiger partial charge is 0.277 e. The molecule has 0 radical (unpaired) electrons. The van der Waals surface area contributed by atoms with E-state index in [-0.39, 0.29) is 11.5 Å². The zero-order valence-corrected chi connectivity index (χ0v) is 15.7. The lowest BCUT2D eigenvalue weighted by Gasteiger charge is -2.27. The van der Waals surface area contributed by atoms with E-state index in [9.17, 15) is 9.59 Å². The Morgan fingerprint density at radius 3 is 2.52 bits per heavy atom. The predicted molar refractivity (Wildman–Crippen MR) is 108 cm³/mol. The van der Waals surface area contributed by atoms with E-state index in [1.807, 2.05) is 42.5 Å². The Morgan fingerprint density at radius 2 is 1.81 bits per heavy atom. The van der Waals surface area contributed by atoms with Gasteiger partial charge in [-0.05, 0) is 29.3 Å². The van der Waals surface area contributed by atoms with Gasteiger partial charge in [0.25, 0.3) is 11.5 Å². The molecule has 1 aliphatic heterocycles. The SMILES string of the molecule is CN(C)C(=O)c1cc(-c2ccccc2)c(=O)n2c1-c1cc(Cl)ccc1CN2. The minimum Gasteiger partial charge on any atom is -0.345 e. The van der Waals surface area contributed by atoms with Gasteiger partial charge in [-0.1, -0.05) is 48.0 Å². The van der Waals surface area contributed by atoms with Crippen molar-refractivity contribution in [1.29, 1.82) is 0 Å². The second-order valence-electron chi connectivity index (χ2n) is 6.66. The van der Waals surface area contributed by atoms with Gasteiger partial charge in [0.1, 0.15) is 0 Å². The van der Waals surface area contributed by atoms with Crippen LogP contribution in [0.15, 0.2) is 59.4 Å². The number of nitrogens with one attached hydrogen (secondary N) is 1. The Balaban J connectivity index is 2.07. The lowest BCUT2D eigenvalue weighted by molar-refractivity contribution is 0.0827. The first kappa shape index (κ1) is 17.4. The Kier molecular flexibility index (Phi) is 4.24. The van der Waals surface area contributed by atoms with Crippen molar-refractivity contribution in [3.8, 4) is 22.4 Å². The molecule has 0 spiro atoms. The van der Waals surface area contributed by atoms with Gasteiger partial charge in [-0.15, -0.1) is 0 Å². The van der Waals surface area contributed by atoms with E-state index in [1.165, 1.54) is 9.58 Å². The number of amides is 1. The summed E-state index contributed by atoms with van der Waals surface area (Å²) < 4.78 is 1.47. The van der Waals surface area contributed by atoms with Gasteiger partial charge < -0.3 is 10.3 Å². The molecule has 1 aromatic heterocycles. The van der Waals surface area contributed by atoms with Crippen LogP contribution in [0.3, 0.4) is 0 Å². The number of hydrogen-bond acceptors (Lipinski definition) is 3. The molecule has 0 unspecified atom stereocenters. The molecule has 2 aromatic carbocycles. The third kappa shape index (κ3) is 2.90. The summed E-state index contributed by atoms with van der Waals surface area (Å²) in [7, 11) is 3.39. The number of carbonyl (C=O) groups is 1. The second-order valence-corrected chi connectivity index (χ2v) is 7.10. The number of aromatic nitrogens is 1. The van der Waals surface area contributed by atoms with Gasteiger partial charge in [-0.2, -0.15) is 0 Å². The number of nitrogens with zero attached hydrogens (tertiary/aromatic N) is 2. The summed E-state index contributed by atoms with van der Waals surface area (Å²) in [6.07, 6.45) is 0. The van der Waals surface area contributed by atoms with Crippen molar-refractivity contribution in [2.45, 2.75) is 6.54 Å². The van der Waals surface area contributed by atoms with Gasteiger partial charge in [-0.25, -0.2) is 4.68 Å². The fourth-order valence-corrected chi connectivity index (χ4v) is 3.52. The summed E-state index contributed by atoms with van der Waals surface area (Å²) in [6, 6.07) is 16.6. The van der Waals surface area contributed by atoms with Crippen molar-refractivity contribution < 1.29 is 4.79 Å². The molecule has 0 saturated heterocycles. The first-order valence-electron chi connectivity index (χ1n) is 8.57. The standard InChI is InChI=1S/C21H18ClN3O2/c1-24(2)20(26)18-11-17(13-6-4-3-5-7-13)21(27)25-19(18)16-10-15(22)9-8-14(16)12-23-25/h3-11,23H,12H2,1-2H3. The highest BCUT2D eigenvalue weighted by molar-refractivity contribution is 6.31. The van der Waals surface area contributed by atoms with E-state index in [1.54, 1.807) is 26.2 Å². The molecule has 5 nitrogen and oxygen atoms in total. The Labute approximate surface area is 161 Å². The van der Waals surface area contributed by atoms with E-state index in [2.05, 4.69) is 5.43 Å². The molecule has 0 bridgehead atoms. The van der Waals surface area contributed by atoms with Crippen LogP contribution in [0, 0.1) is 0 Å². The van der Waals surface area contributed by atoms with Crippen molar-refractivity contribution in [1.82, 2.24) is 9.58 Å². The van der Waals surface area contributed by atoms with Crippen LogP contribution in [0.4, 0.5) is 0 Å². The number of pyridine rings is 1. The van der Waals surface area contributed by atoms with Crippen molar-refractivity contribution in [3.63, 3.8) is 0 Å². The van der Waals surface area contributed by atoms with Crippen molar-refractivity contribution in [3.05, 3.63) is 81.1 Å². The largest absolute Gasteiger partial charge is 0.345 e. The molecule has 6 heteroatoms. The Bertz CT molecular complexity index is 1100. The summed E-state index contributed by atoms with van der Waals surface area (Å²) in [4.78, 5) is 27.7. The molecule has 1 aliphatic rings. The number of halogens is 1. The molecular formula is C21H18ClN3O2. The van der Waals surface area contributed by atoms with Gasteiger partial charge >= 0.3 is 0 Å². The zero-order chi connectivity index (χ0) is 19.1. The maximum Gasteiger partial charge on any atom is 0.277 e. The van der Waals surface area contributed by atoms with E-state index in [4.69, 9.17) is 11.6 Å². The van der Waals surface area contributed by atoms with Crippen LogP contribution in [0.25, 0.3) is 22.4 Å². The molecule has 4 rings (SSSR count). The fraction of sp³-hybridized carbons (Fsp3) is 0.143. The van der Waals surface area contributed by atoms with Gasteiger partial charge in [0.05, 0.1) is 17.8 Å². The molecule has 27 heavy (non-hydrogen) atoms. The first-order valence-corrected chi connectivity index (χ1v) is 8.95. The second kappa shape index (κ2) is 6.59. The summed E-state index contributed by atoms with van der Waals surface area (Å²) in [5, 5.41) is 0.560. The molecule has 0 atom stereocenters. The van der Waals surface area contributed by atoms with Crippen LogP contribution < -0.4 is 11.0 Å². The molecule has 136 valence electrons. The highest BCUT2D eigenvalue weighted by Gasteiger charge is 2.27. The molecule has 1 amide bonds. The zero-order valence-electron chi connectivity index (χ0n) is 15.0. The average Bonchev–Trinajstić information content (AvgIpc) is 2.68. The van der Waals surface area contributed by atoms with Crippen LogP contribution in [-0.2, 0) is 6.54 Å². The topological polar surface area (TPSA) is 54.3 Å². The maximum atomic E-state index is 13.2. The Hall–Kier alpha value is -3.05. The molecule has 2 heterocycles. The number of rotatable bonds is 2. The van der Waals surface area contributed by atoms with Gasteiger partial charge in [0, 0.05) is 30.2 Å². The van der Waals surface area contributed by atoms with Gasteiger partial charge in [-0.3, -0.25) is 9.59 Å². The van der Waals surface area contributed by atoms with E-state index < -0.39 is 0 Å². The lowest BCUT2D eigenvalue weighted by Crippen LogP contribution is -2.37. The molecule has 1 N–H and O–H groups in total. The van der Waals surface area contributed by atoms with Gasteiger partial charge in [0.15, 0.2) is 0 Å². The summed E-state index contributed by atoms with van der Waals surface area (Å²) >= 11 is 6.20. The maximum absolute atomic E-state index is 13.2. The van der Waals surface area contributed by atoms with E-state index in [0.29, 0.717) is 28.4 Å².